The Kier molecular flexibility index (Phi) is 5.24. The highest BCUT2D eigenvalue weighted by Gasteiger charge is 2.30. The molecular formula is C17H15ClF3N5. The van der Waals surface area contributed by atoms with E-state index in [0.29, 0.717) is 23.1 Å². The van der Waals surface area contributed by atoms with Crippen molar-refractivity contribution in [3.63, 3.8) is 0 Å². The van der Waals surface area contributed by atoms with Crippen LogP contribution in [0.3, 0.4) is 0 Å². The number of nitrogens with zero attached hydrogens (tertiary/aromatic N) is 4. The summed E-state index contributed by atoms with van der Waals surface area (Å²) in [6, 6.07) is 12.1. The van der Waals surface area contributed by atoms with E-state index in [1.165, 1.54) is 16.8 Å². The van der Waals surface area contributed by atoms with Crippen molar-refractivity contribution < 1.29 is 13.2 Å². The van der Waals surface area contributed by atoms with Crippen molar-refractivity contribution in [2.45, 2.75) is 25.7 Å². The van der Waals surface area contributed by atoms with E-state index < -0.39 is 11.7 Å². The number of alkyl halides is 3. The van der Waals surface area contributed by atoms with Crippen molar-refractivity contribution in [3.05, 3.63) is 70.5 Å². The van der Waals surface area contributed by atoms with Crippen LogP contribution in [0.1, 0.15) is 29.9 Å². The standard InChI is InChI=1S/C17H15ClF3N5/c1-11(14-4-2-3-5-15(14)18)22-10-16-23-24-25-26(16)13-8-6-12(7-9-13)17(19,20)21/h2-9,11,22H,10H2,1H3/t11-/m1/s1. The maximum absolute atomic E-state index is 12.7. The molecule has 0 spiro atoms. The summed E-state index contributed by atoms with van der Waals surface area (Å²) < 4.78 is 39.4. The normalized spacial score (nSPS) is 13.0. The highest BCUT2D eigenvalue weighted by molar-refractivity contribution is 6.31. The molecule has 9 heteroatoms. The van der Waals surface area contributed by atoms with Gasteiger partial charge in [0.15, 0.2) is 5.82 Å². The Morgan fingerprint density at radius 1 is 1.12 bits per heavy atom. The van der Waals surface area contributed by atoms with E-state index >= 15 is 0 Å². The van der Waals surface area contributed by atoms with Gasteiger partial charge < -0.3 is 5.32 Å². The maximum atomic E-state index is 12.7. The van der Waals surface area contributed by atoms with Gasteiger partial charge in [0.05, 0.1) is 17.8 Å². The first-order valence-corrected chi connectivity index (χ1v) is 8.17. The van der Waals surface area contributed by atoms with Gasteiger partial charge in [0, 0.05) is 11.1 Å². The maximum Gasteiger partial charge on any atom is 0.416 e. The van der Waals surface area contributed by atoms with Gasteiger partial charge in [0.1, 0.15) is 0 Å². The third kappa shape index (κ3) is 4.03. The van der Waals surface area contributed by atoms with Crippen LogP contribution in [0.25, 0.3) is 5.69 Å². The molecule has 0 bridgehead atoms. The molecule has 0 aliphatic heterocycles. The third-order valence-electron chi connectivity index (χ3n) is 3.91. The van der Waals surface area contributed by atoms with Crippen LogP contribution in [-0.2, 0) is 12.7 Å². The zero-order chi connectivity index (χ0) is 18.7. The van der Waals surface area contributed by atoms with Gasteiger partial charge in [0.2, 0.25) is 0 Å². The van der Waals surface area contributed by atoms with Gasteiger partial charge in [-0.25, -0.2) is 0 Å². The molecule has 0 saturated heterocycles. The molecule has 0 fully saturated rings. The minimum atomic E-state index is -4.38. The summed E-state index contributed by atoms with van der Waals surface area (Å²) in [6.07, 6.45) is -4.38. The average Bonchev–Trinajstić information content (AvgIpc) is 3.08. The van der Waals surface area contributed by atoms with Crippen LogP contribution >= 0.6 is 11.6 Å². The van der Waals surface area contributed by atoms with E-state index in [2.05, 4.69) is 20.8 Å². The average molecular weight is 382 g/mol. The second-order valence-corrected chi connectivity index (χ2v) is 6.08. The Balaban J connectivity index is 1.74. The van der Waals surface area contributed by atoms with E-state index in [-0.39, 0.29) is 6.04 Å². The summed E-state index contributed by atoms with van der Waals surface area (Å²) in [5.74, 6) is 0.476. The third-order valence-corrected chi connectivity index (χ3v) is 4.26. The van der Waals surface area contributed by atoms with Crippen LogP contribution in [0.2, 0.25) is 5.02 Å². The number of halogens is 4. The molecule has 1 heterocycles. The largest absolute Gasteiger partial charge is 0.416 e. The Hall–Kier alpha value is -2.45. The molecule has 1 atom stereocenters. The molecule has 1 aromatic heterocycles. The first kappa shape index (κ1) is 18.3. The predicted molar refractivity (Wildman–Crippen MR) is 90.9 cm³/mol. The molecular weight excluding hydrogens is 367 g/mol. The van der Waals surface area contributed by atoms with Crippen LogP contribution in [0, 0.1) is 0 Å². The van der Waals surface area contributed by atoms with E-state index in [0.717, 1.165) is 17.7 Å². The van der Waals surface area contributed by atoms with Crippen LogP contribution in [0.4, 0.5) is 13.2 Å². The van der Waals surface area contributed by atoms with Crippen LogP contribution in [-0.4, -0.2) is 20.2 Å². The van der Waals surface area contributed by atoms with Gasteiger partial charge in [-0.3, -0.25) is 0 Å². The van der Waals surface area contributed by atoms with Crippen LogP contribution < -0.4 is 5.32 Å². The number of tetrazole rings is 1. The molecule has 0 amide bonds. The number of hydrogen-bond acceptors (Lipinski definition) is 4. The number of benzene rings is 2. The summed E-state index contributed by atoms with van der Waals surface area (Å²) in [5.41, 5.74) is 0.661. The highest BCUT2D eigenvalue weighted by atomic mass is 35.5. The summed E-state index contributed by atoms with van der Waals surface area (Å²) in [7, 11) is 0. The molecule has 5 nitrogen and oxygen atoms in total. The Morgan fingerprint density at radius 2 is 1.81 bits per heavy atom. The molecule has 26 heavy (non-hydrogen) atoms. The first-order chi connectivity index (χ1) is 12.4. The first-order valence-electron chi connectivity index (χ1n) is 7.79. The molecule has 0 saturated carbocycles. The molecule has 3 aromatic rings. The van der Waals surface area contributed by atoms with Gasteiger partial charge in [-0.05, 0) is 53.2 Å². The molecule has 0 unspecified atom stereocenters. The lowest BCUT2D eigenvalue weighted by molar-refractivity contribution is -0.137. The molecule has 3 rings (SSSR count). The predicted octanol–water partition coefficient (Wildman–Crippen LogP) is 4.19. The fourth-order valence-corrected chi connectivity index (χ4v) is 2.79. The van der Waals surface area contributed by atoms with Crippen LogP contribution in [0.5, 0.6) is 0 Å². The van der Waals surface area contributed by atoms with E-state index in [1.807, 2.05) is 25.1 Å². The van der Waals surface area contributed by atoms with Crippen molar-refractivity contribution in [1.82, 2.24) is 25.5 Å². The summed E-state index contributed by atoms with van der Waals surface area (Å²) in [6.45, 7) is 2.27. The quantitative estimate of drug-likeness (QED) is 0.720. The van der Waals surface area contributed by atoms with Crippen molar-refractivity contribution >= 4 is 11.6 Å². The summed E-state index contributed by atoms with van der Waals surface area (Å²) >= 11 is 6.18. The molecule has 0 aliphatic carbocycles. The van der Waals surface area contributed by atoms with Gasteiger partial charge in [-0.1, -0.05) is 29.8 Å². The lowest BCUT2D eigenvalue weighted by Gasteiger charge is -2.15. The van der Waals surface area contributed by atoms with Crippen molar-refractivity contribution in [2.24, 2.45) is 0 Å². The summed E-state index contributed by atoms with van der Waals surface area (Å²) in [4.78, 5) is 0. The monoisotopic (exact) mass is 381 g/mol. The molecule has 136 valence electrons. The van der Waals surface area contributed by atoms with Crippen molar-refractivity contribution in [3.8, 4) is 5.69 Å². The number of rotatable bonds is 5. The van der Waals surface area contributed by atoms with Gasteiger partial charge in [0.25, 0.3) is 0 Å². The molecule has 0 radical (unpaired) electrons. The zero-order valence-electron chi connectivity index (χ0n) is 13.7. The van der Waals surface area contributed by atoms with E-state index in [9.17, 15) is 13.2 Å². The molecule has 0 aliphatic rings. The smallest absolute Gasteiger partial charge is 0.303 e. The fraction of sp³-hybridized carbons (Fsp3) is 0.235. The summed E-state index contributed by atoms with van der Waals surface area (Å²) in [5, 5.41) is 15.3. The van der Waals surface area contributed by atoms with E-state index in [4.69, 9.17) is 11.6 Å². The topological polar surface area (TPSA) is 55.6 Å². The Bertz CT molecular complexity index is 877. The van der Waals surface area contributed by atoms with Gasteiger partial charge >= 0.3 is 6.18 Å². The zero-order valence-corrected chi connectivity index (χ0v) is 14.5. The molecule has 1 N–H and O–H groups in total. The van der Waals surface area contributed by atoms with Crippen molar-refractivity contribution in [1.29, 1.82) is 0 Å². The lowest BCUT2D eigenvalue weighted by Crippen LogP contribution is -2.21. The fourth-order valence-electron chi connectivity index (χ4n) is 2.49. The van der Waals surface area contributed by atoms with Gasteiger partial charge in [-0.15, -0.1) is 5.10 Å². The highest BCUT2D eigenvalue weighted by Crippen LogP contribution is 2.29. The number of nitrogens with one attached hydrogen (secondary N) is 1. The minimum Gasteiger partial charge on any atom is -0.303 e. The number of aromatic nitrogens is 4. The number of hydrogen-bond donors (Lipinski definition) is 1. The molecule has 2 aromatic carbocycles. The second-order valence-electron chi connectivity index (χ2n) is 5.68. The van der Waals surface area contributed by atoms with E-state index in [1.54, 1.807) is 6.07 Å². The minimum absolute atomic E-state index is 0.0542. The Labute approximate surface area is 152 Å². The SMILES string of the molecule is C[C@@H](NCc1nnnn1-c1ccc(C(F)(F)F)cc1)c1ccccc1Cl. The van der Waals surface area contributed by atoms with Crippen molar-refractivity contribution in [2.75, 3.05) is 0 Å². The Morgan fingerprint density at radius 3 is 2.46 bits per heavy atom. The lowest BCUT2D eigenvalue weighted by atomic mass is 10.1. The van der Waals surface area contributed by atoms with Crippen LogP contribution in [0.15, 0.2) is 48.5 Å². The van der Waals surface area contributed by atoms with Gasteiger partial charge in [-0.2, -0.15) is 17.9 Å². The second kappa shape index (κ2) is 7.43.